The number of thiophene rings is 1. The summed E-state index contributed by atoms with van der Waals surface area (Å²) < 4.78 is 1.49. The van der Waals surface area contributed by atoms with Gasteiger partial charge in [-0.1, -0.05) is 38.0 Å². The maximum absolute atomic E-state index is 3.82. The molecule has 1 unspecified atom stereocenters. The van der Waals surface area contributed by atoms with Crippen LogP contribution in [0.5, 0.6) is 0 Å². The largest absolute Gasteiger partial charge is 0.310 e. The lowest BCUT2D eigenvalue weighted by molar-refractivity contribution is 0.370. The lowest BCUT2D eigenvalue weighted by atomic mass is 9.91. The van der Waals surface area contributed by atoms with Gasteiger partial charge in [0.15, 0.2) is 0 Å². The third-order valence-electron chi connectivity index (χ3n) is 4.33. The zero-order valence-corrected chi connectivity index (χ0v) is 12.5. The fraction of sp³-hybridized carbons (Fsp3) is 0.529. The molecule has 0 saturated heterocycles. The van der Waals surface area contributed by atoms with Crippen molar-refractivity contribution >= 4 is 21.4 Å². The van der Waals surface area contributed by atoms with Gasteiger partial charge < -0.3 is 5.32 Å². The topological polar surface area (TPSA) is 12.0 Å². The molecule has 2 aromatic rings. The summed E-state index contributed by atoms with van der Waals surface area (Å²) in [6, 6.07) is 9.60. The molecule has 1 aliphatic rings. The summed E-state index contributed by atoms with van der Waals surface area (Å²) in [6.07, 6.45) is 6.82. The van der Waals surface area contributed by atoms with Gasteiger partial charge in [-0.3, -0.25) is 0 Å². The van der Waals surface area contributed by atoms with E-state index in [1.54, 1.807) is 0 Å². The number of benzene rings is 1. The minimum Gasteiger partial charge on any atom is -0.310 e. The van der Waals surface area contributed by atoms with Crippen LogP contribution in [0.25, 0.3) is 10.1 Å². The third kappa shape index (κ3) is 2.70. The number of nitrogens with one attached hydrogen (secondary N) is 1. The van der Waals surface area contributed by atoms with Gasteiger partial charge in [0.25, 0.3) is 0 Å². The molecule has 1 aromatic carbocycles. The van der Waals surface area contributed by atoms with Crippen LogP contribution in [0.4, 0.5) is 0 Å². The van der Waals surface area contributed by atoms with Crippen LogP contribution in [0.3, 0.4) is 0 Å². The van der Waals surface area contributed by atoms with Gasteiger partial charge in [0.05, 0.1) is 0 Å². The molecule has 0 aliphatic heterocycles. The highest BCUT2D eigenvalue weighted by atomic mass is 32.1. The van der Waals surface area contributed by atoms with E-state index >= 15 is 0 Å². The van der Waals surface area contributed by atoms with Gasteiger partial charge in [0.2, 0.25) is 0 Å². The van der Waals surface area contributed by atoms with Crippen molar-refractivity contribution in [3.05, 3.63) is 35.2 Å². The van der Waals surface area contributed by atoms with Crippen molar-refractivity contribution in [2.75, 3.05) is 6.54 Å². The predicted octanol–water partition coefficient (Wildman–Crippen LogP) is 5.13. The molecule has 1 aromatic heterocycles. The van der Waals surface area contributed by atoms with E-state index < -0.39 is 0 Å². The molecule has 1 heterocycles. The Morgan fingerprint density at radius 2 is 2.11 bits per heavy atom. The smallest absolute Gasteiger partial charge is 0.0390 e. The number of fused-ring (bicyclic) bond motifs is 1. The second-order valence-corrected chi connectivity index (χ2v) is 6.58. The molecule has 1 nitrogen and oxygen atoms in total. The highest BCUT2D eigenvalue weighted by Crippen LogP contribution is 2.39. The van der Waals surface area contributed by atoms with Gasteiger partial charge >= 0.3 is 0 Å². The lowest BCUT2D eigenvalue weighted by Crippen LogP contribution is -2.27. The summed E-state index contributed by atoms with van der Waals surface area (Å²) >= 11 is 1.89. The fourth-order valence-electron chi connectivity index (χ4n) is 3.38. The summed E-state index contributed by atoms with van der Waals surface area (Å²) in [5.74, 6) is 0.833. The standard InChI is InChI=1S/C17H23NS/c1-2-11-18-16(13-6-3-4-7-13)15-9-5-8-14-10-12-19-17(14)15/h5,8-10,12-13,16,18H,2-4,6-7,11H2,1H3. The maximum Gasteiger partial charge on any atom is 0.0390 e. The molecule has 2 heteroatoms. The van der Waals surface area contributed by atoms with E-state index in [9.17, 15) is 0 Å². The molecule has 19 heavy (non-hydrogen) atoms. The molecule has 0 radical (unpaired) electrons. The van der Waals surface area contributed by atoms with Crippen molar-refractivity contribution in [2.45, 2.75) is 45.1 Å². The Bertz CT molecular complexity index is 525. The van der Waals surface area contributed by atoms with Gasteiger partial charge in [-0.05, 0) is 54.1 Å². The molecular formula is C17H23NS. The minimum atomic E-state index is 0.560. The molecule has 0 spiro atoms. The van der Waals surface area contributed by atoms with Crippen LogP contribution >= 0.6 is 11.3 Å². The molecule has 1 aliphatic carbocycles. The summed E-state index contributed by atoms with van der Waals surface area (Å²) in [5, 5.41) is 7.44. The normalized spacial score (nSPS) is 18.2. The van der Waals surface area contributed by atoms with E-state index in [1.807, 2.05) is 11.3 Å². The molecule has 1 N–H and O–H groups in total. The third-order valence-corrected chi connectivity index (χ3v) is 5.31. The Morgan fingerprint density at radius 1 is 1.26 bits per heavy atom. The van der Waals surface area contributed by atoms with Crippen LogP contribution in [-0.2, 0) is 0 Å². The van der Waals surface area contributed by atoms with E-state index in [1.165, 1.54) is 47.8 Å². The zero-order chi connectivity index (χ0) is 13.1. The van der Waals surface area contributed by atoms with Crippen molar-refractivity contribution in [1.82, 2.24) is 5.32 Å². The maximum atomic E-state index is 3.82. The summed E-state index contributed by atoms with van der Waals surface area (Å²) in [6.45, 7) is 3.38. The van der Waals surface area contributed by atoms with Gasteiger partial charge in [0, 0.05) is 10.7 Å². The molecule has 0 bridgehead atoms. The van der Waals surface area contributed by atoms with Crippen LogP contribution in [-0.4, -0.2) is 6.54 Å². The first-order valence-electron chi connectivity index (χ1n) is 7.59. The van der Waals surface area contributed by atoms with Gasteiger partial charge in [-0.15, -0.1) is 11.3 Å². The van der Waals surface area contributed by atoms with E-state index in [-0.39, 0.29) is 0 Å². The number of hydrogen-bond donors (Lipinski definition) is 1. The van der Waals surface area contributed by atoms with Crippen molar-refractivity contribution < 1.29 is 0 Å². The predicted molar refractivity (Wildman–Crippen MR) is 84.8 cm³/mol. The van der Waals surface area contributed by atoms with E-state index in [0.717, 1.165) is 12.5 Å². The zero-order valence-electron chi connectivity index (χ0n) is 11.7. The Kier molecular flexibility index (Phi) is 4.19. The van der Waals surface area contributed by atoms with Crippen LogP contribution in [0, 0.1) is 5.92 Å². The Hall–Kier alpha value is -0.860. The lowest BCUT2D eigenvalue weighted by Gasteiger charge is -2.26. The average Bonchev–Trinajstić information content (AvgIpc) is 3.10. The fourth-order valence-corrected chi connectivity index (χ4v) is 4.34. The molecule has 1 fully saturated rings. The molecular weight excluding hydrogens is 250 g/mol. The van der Waals surface area contributed by atoms with Crippen LogP contribution < -0.4 is 5.32 Å². The van der Waals surface area contributed by atoms with E-state index in [2.05, 4.69) is 41.9 Å². The first-order valence-corrected chi connectivity index (χ1v) is 8.47. The van der Waals surface area contributed by atoms with Crippen LogP contribution in [0.2, 0.25) is 0 Å². The second-order valence-electron chi connectivity index (χ2n) is 5.66. The quantitative estimate of drug-likeness (QED) is 0.796. The molecule has 3 rings (SSSR count). The Labute approximate surface area is 120 Å². The number of hydrogen-bond acceptors (Lipinski definition) is 2. The molecule has 0 amide bonds. The molecule has 1 saturated carbocycles. The Morgan fingerprint density at radius 3 is 2.89 bits per heavy atom. The van der Waals surface area contributed by atoms with Crippen LogP contribution in [0.15, 0.2) is 29.6 Å². The van der Waals surface area contributed by atoms with Crippen molar-refractivity contribution in [2.24, 2.45) is 5.92 Å². The Balaban J connectivity index is 1.95. The molecule has 1 atom stereocenters. The van der Waals surface area contributed by atoms with E-state index in [4.69, 9.17) is 0 Å². The molecule has 102 valence electrons. The van der Waals surface area contributed by atoms with Crippen molar-refractivity contribution in [1.29, 1.82) is 0 Å². The summed E-state index contributed by atoms with van der Waals surface area (Å²) in [4.78, 5) is 0. The van der Waals surface area contributed by atoms with Gasteiger partial charge in [-0.2, -0.15) is 0 Å². The van der Waals surface area contributed by atoms with E-state index in [0.29, 0.717) is 6.04 Å². The minimum absolute atomic E-state index is 0.560. The van der Waals surface area contributed by atoms with Gasteiger partial charge in [0.1, 0.15) is 0 Å². The highest BCUT2D eigenvalue weighted by Gasteiger charge is 2.27. The first kappa shape index (κ1) is 13.1. The second kappa shape index (κ2) is 6.06. The monoisotopic (exact) mass is 273 g/mol. The first-order chi connectivity index (χ1) is 9.40. The van der Waals surface area contributed by atoms with Gasteiger partial charge in [-0.25, -0.2) is 0 Å². The average molecular weight is 273 g/mol. The SMILES string of the molecule is CCCNC(c1cccc2ccsc12)C1CCCC1. The number of rotatable bonds is 5. The highest BCUT2D eigenvalue weighted by molar-refractivity contribution is 7.17. The van der Waals surface area contributed by atoms with Crippen LogP contribution in [0.1, 0.15) is 50.6 Å². The van der Waals surface area contributed by atoms with Crippen molar-refractivity contribution in [3.63, 3.8) is 0 Å². The van der Waals surface area contributed by atoms with Crippen molar-refractivity contribution in [3.8, 4) is 0 Å². The summed E-state index contributed by atoms with van der Waals surface area (Å²) in [5.41, 5.74) is 1.54. The summed E-state index contributed by atoms with van der Waals surface area (Å²) in [7, 11) is 0.